The number of rotatable bonds is 3. The zero-order valence-electron chi connectivity index (χ0n) is 9.54. The molecule has 2 unspecified atom stereocenters. The Balaban J connectivity index is 1.88. The first-order chi connectivity index (χ1) is 8.16. The van der Waals surface area contributed by atoms with Crippen LogP contribution in [0.2, 0.25) is 0 Å². The maximum atomic E-state index is 11.7. The summed E-state index contributed by atoms with van der Waals surface area (Å²) in [6.45, 7) is 2.92. The second kappa shape index (κ2) is 5.31. The van der Waals surface area contributed by atoms with Crippen molar-refractivity contribution >= 4 is 17.5 Å². The van der Waals surface area contributed by atoms with Gasteiger partial charge in [0.15, 0.2) is 0 Å². The fourth-order valence-electron chi connectivity index (χ4n) is 1.80. The summed E-state index contributed by atoms with van der Waals surface area (Å²) in [5.74, 6) is 0.447. The number of ether oxygens (including phenoxy) is 1. The summed E-state index contributed by atoms with van der Waals surface area (Å²) in [7, 11) is 0. The molecule has 2 atom stereocenters. The van der Waals surface area contributed by atoms with Gasteiger partial charge in [0.1, 0.15) is 11.5 Å². The molecule has 0 aliphatic carbocycles. The predicted molar refractivity (Wildman–Crippen MR) is 63.0 cm³/mol. The molecule has 2 heterocycles. The number of amides is 1. The molecule has 17 heavy (non-hydrogen) atoms. The van der Waals surface area contributed by atoms with E-state index in [2.05, 4.69) is 10.2 Å². The van der Waals surface area contributed by atoms with Gasteiger partial charge >= 0.3 is 0 Å². The van der Waals surface area contributed by atoms with Gasteiger partial charge in [0.2, 0.25) is 11.8 Å². The van der Waals surface area contributed by atoms with Crippen LogP contribution >= 0.6 is 11.6 Å². The van der Waals surface area contributed by atoms with Crippen molar-refractivity contribution in [2.75, 3.05) is 13.1 Å². The zero-order valence-corrected chi connectivity index (χ0v) is 10.3. The fraction of sp³-hybridized carbons (Fsp3) is 0.545. The maximum Gasteiger partial charge on any atom is 0.240 e. The molecule has 1 aliphatic heterocycles. The summed E-state index contributed by atoms with van der Waals surface area (Å²) in [6.07, 6.45) is 2.37. The van der Waals surface area contributed by atoms with E-state index in [9.17, 15) is 4.79 Å². The summed E-state index contributed by atoms with van der Waals surface area (Å²) >= 11 is 5.76. The number of aromatic nitrogens is 2. The van der Waals surface area contributed by atoms with Crippen LogP contribution in [0.1, 0.15) is 13.3 Å². The zero-order chi connectivity index (χ0) is 12.3. The predicted octanol–water partition coefficient (Wildman–Crippen LogP) is 1.08. The number of nitrogens with zero attached hydrogens (tertiary/aromatic N) is 3. The lowest BCUT2D eigenvalue weighted by atomic mass is 10.3. The summed E-state index contributed by atoms with van der Waals surface area (Å²) in [6, 6.07) is 3.52. The van der Waals surface area contributed by atoms with E-state index >= 15 is 0 Å². The topological polar surface area (TPSA) is 55.3 Å². The van der Waals surface area contributed by atoms with Crippen molar-refractivity contribution in [3.8, 4) is 5.88 Å². The van der Waals surface area contributed by atoms with E-state index in [0.717, 1.165) is 6.42 Å². The lowest BCUT2D eigenvalue weighted by Gasteiger charge is -2.17. The maximum absolute atomic E-state index is 11.7. The molecule has 1 fully saturated rings. The van der Waals surface area contributed by atoms with Crippen LogP contribution in [0.25, 0.3) is 0 Å². The Morgan fingerprint density at radius 1 is 1.71 bits per heavy atom. The summed E-state index contributed by atoms with van der Waals surface area (Å²) in [4.78, 5) is 13.4. The van der Waals surface area contributed by atoms with E-state index in [1.54, 1.807) is 30.2 Å². The molecule has 6 heteroatoms. The van der Waals surface area contributed by atoms with Gasteiger partial charge in [-0.3, -0.25) is 4.79 Å². The Labute approximate surface area is 105 Å². The molecule has 0 bridgehead atoms. The third kappa shape index (κ3) is 3.06. The first-order valence-corrected chi connectivity index (χ1v) is 5.97. The summed E-state index contributed by atoms with van der Waals surface area (Å²) in [5, 5.41) is 7.10. The van der Waals surface area contributed by atoms with Crippen LogP contribution in [-0.2, 0) is 4.79 Å². The summed E-state index contributed by atoms with van der Waals surface area (Å²) in [5.41, 5.74) is 0. The minimum Gasteiger partial charge on any atom is -0.471 e. The first kappa shape index (κ1) is 12.1. The molecule has 1 aliphatic rings. The Kier molecular flexibility index (Phi) is 3.78. The van der Waals surface area contributed by atoms with Crippen LogP contribution in [0.4, 0.5) is 0 Å². The minimum atomic E-state index is -0.481. The van der Waals surface area contributed by atoms with Crippen molar-refractivity contribution < 1.29 is 9.53 Å². The van der Waals surface area contributed by atoms with Crippen molar-refractivity contribution in [3.05, 3.63) is 18.3 Å². The molecule has 0 saturated carbocycles. The molecule has 0 spiro atoms. The molecule has 92 valence electrons. The molecule has 5 nitrogen and oxygen atoms in total. The number of halogens is 1. The third-order valence-electron chi connectivity index (χ3n) is 2.63. The molecule has 1 saturated heterocycles. The lowest BCUT2D eigenvalue weighted by Crippen LogP contribution is -2.35. The molecule has 1 aromatic heterocycles. The van der Waals surface area contributed by atoms with E-state index in [0.29, 0.717) is 19.0 Å². The molecule has 0 aromatic carbocycles. The molecule has 0 N–H and O–H groups in total. The normalized spacial score (nSPS) is 21.3. The molecule has 2 rings (SSSR count). The van der Waals surface area contributed by atoms with Crippen molar-refractivity contribution in [2.45, 2.75) is 24.8 Å². The van der Waals surface area contributed by atoms with Crippen molar-refractivity contribution in [1.29, 1.82) is 0 Å². The third-order valence-corrected chi connectivity index (χ3v) is 2.82. The number of hydrogen-bond acceptors (Lipinski definition) is 4. The van der Waals surface area contributed by atoms with Gasteiger partial charge < -0.3 is 9.64 Å². The van der Waals surface area contributed by atoms with Gasteiger partial charge in [0, 0.05) is 25.2 Å². The Hall–Kier alpha value is -1.36. The fourth-order valence-corrected chi connectivity index (χ4v) is 1.94. The van der Waals surface area contributed by atoms with Gasteiger partial charge in [-0.15, -0.1) is 16.7 Å². The highest BCUT2D eigenvalue weighted by Crippen LogP contribution is 2.17. The van der Waals surface area contributed by atoms with Crippen LogP contribution < -0.4 is 4.74 Å². The molecule has 1 amide bonds. The second-order valence-corrected chi connectivity index (χ2v) is 4.65. The Bertz CT molecular complexity index is 386. The van der Waals surface area contributed by atoms with E-state index in [1.807, 2.05) is 0 Å². The van der Waals surface area contributed by atoms with E-state index in [4.69, 9.17) is 16.3 Å². The Morgan fingerprint density at radius 2 is 2.53 bits per heavy atom. The monoisotopic (exact) mass is 255 g/mol. The van der Waals surface area contributed by atoms with Gasteiger partial charge in [-0.2, -0.15) is 5.10 Å². The van der Waals surface area contributed by atoms with Crippen LogP contribution in [-0.4, -0.2) is 45.6 Å². The number of alkyl halides is 1. The SMILES string of the molecule is CC(Cl)C(=O)N1CCC(Oc2cccnn2)C1. The second-order valence-electron chi connectivity index (χ2n) is 3.99. The quantitative estimate of drug-likeness (QED) is 0.759. The average molecular weight is 256 g/mol. The van der Waals surface area contributed by atoms with Gasteiger partial charge in [-0.05, 0) is 13.0 Å². The Morgan fingerprint density at radius 3 is 3.18 bits per heavy atom. The van der Waals surface area contributed by atoms with Gasteiger partial charge in [0.05, 0.1) is 6.54 Å². The summed E-state index contributed by atoms with van der Waals surface area (Å²) < 4.78 is 5.62. The lowest BCUT2D eigenvalue weighted by molar-refractivity contribution is -0.129. The largest absolute Gasteiger partial charge is 0.471 e. The van der Waals surface area contributed by atoms with Crippen molar-refractivity contribution in [3.63, 3.8) is 0 Å². The van der Waals surface area contributed by atoms with Gasteiger partial charge in [-0.1, -0.05) is 0 Å². The first-order valence-electron chi connectivity index (χ1n) is 5.54. The molecule has 1 aromatic rings. The highest BCUT2D eigenvalue weighted by atomic mass is 35.5. The van der Waals surface area contributed by atoms with Crippen LogP contribution in [0, 0.1) is 0 Å². The standard InChI is InChI=1S/C11H14ClN3O2/c1-8(12)11(16)15-6-4-9(7-15)17-10-3-2-5-13-14-10/h2-3,5,8-9H,4,6-7H2,1H3. The van der Waals surface area contributed by atoms with Crippen molar-refractivity contribution in [1.82, 2.24) is 15.1 Å². The van der Waals surface area contributed by atoms with Gasteiger partial charge in [-0.25, -0.2) is 0 Å². The van der Waals surface area contributed by atoms with E-state index in [1.165, 1.54) is 0 Å². The van der Waals surface area contributed by atoms with Crippen molar-refractivity contribution in [2.24, 2.45) is 0 Å². The minimum absolute atomic E-state index is 0.0222. The van der Waals surface area contributed by atoms with E-state index in [-0.39, 0.29) is 12.0 Å². The number of carbonyl (C=O) groups excluding carboxylic acids is 1. The number of likely N-dealkylation sites (tertiary alicyclic amines) is 1. The average Bonchev–Trinajstić information content (AvgIpc) is 2.77. The van der Waals surface area contributed by atoms with E-state index < -0.39 is 5.38 Å². The molecular weight excluding hydrogens is 242 g/mol. The highest BCUT2D eigenvalue weighted by molar-refractivity contribution is 6.30. The smallest absolute Gasteiger partial charge is 0.240 e. The van der Waals surface area contributed by atoms with Gasteiger partial charge in [0.25, 0.3) is 0 Å². The highest BCUT2D eigenvalue weighted by Gasteiger charge is 2.29. The molecular formula is C11H14ClN3O2. The molecule has 0 radical (unpaired) electrons. The number of carbonyl (C=O) groups is 1. The van der Waals surface area contributed by atoms with Crippen LogP contribution in [0.15, 0.2) is 18.3 Å². The van der Waals surface area contributed by atoms with Crippen LogP contribution in [0.5, 0.6) is 5.88 Å². The number of hydrogen-bond donors (Lipinski definition) is 0. The van der Waals surface area contributed by atoms with Crippen LogP contribution in [0.3, 0.4) is 0 Å².